The van der Waals surface area contributed by atoms with E-state index in [1.807, 2.05) is 18.2 Å². The van der Waals surface area contributed by atoms with Crippen LogP contribution in [0.3, 0.4) is 0 Å². The first-order valence-electron chi connectivity index (χ1n) is 5.50. The molecule has 16 heavy (non-hydrogen) atoms. The molecular formula is C12H18BrClN2. The summed E-state index contributed by atoms with van der Waals surface area (Å²) in [5.41, 5.74) is 3.90. The molecule has 4 heteroatoms. The Bertz CT molecular complexity index is 344. The van der Waals surface area contributed by atoms with Crippen molar-refractivity contribution in [1.29, 1.82) is 0 Å². The Hall–Kier alpha value is -0.0900. The predicted octanol–water partition coefficient (Wildman–Crippen LogP) is 4.04. The van der Waals surface area contributed by atoms with Crippen LogP contribution in [0, 0.1) is 5.92 Å². The predicted molar refractivity (Wildman–Crippen MR) is 73.3 cm³/mol. The van der Waals surface area contributed by atoms with E-state index in [4.69, 9.17) is 17.4 Å². The standard InChI is InChI=1S/C12H18BrClN2/c1-3-8(2)7-11(16-15)9-5-4-6-10(13)12(9)14/h4-6,8,11,16H,3,7,15H2,1-2H3. The van der Waals surface area contributed by atoms with Gasteiger partial charge in [-0.1, -0.05) is 44.0 Å². The maximum absolute atomic E-state index is 6.25. The van der Waals surface area contributed by atoms with Gasteiger partial charge in [-0.05, 0) is 39.9 Å². The monoisotopic (exact) mass is 304 g/mol. The van der Waals surface area contributed by atoms with Gasteiger partial charge in [-0.2, -0.15) is 0 Å². The number of benzene rings is 1. The maximum Gasteiger partial charge on any atom is 0.0596 e. The van der Waals surface area contributed by atoms with Crippen molar-refractivity contribution >= 4 is 27.5 Å². The molecule has 3 N–H and O–H groups in total. The molecule has 0 saturated heterocycles. The van der Waals surface area contributed by atoms with Crippen molar-refractivity contribution in [3.8, 4) is 0 Å². The lowest BCUT2D eigenvalue weighted by atomic mass is 9.95. The Morgan fingerprint density at radius 1 is 1.50 bits per heavy atom. The van der Waals surface area contributed by atoms with Gasteiger partial charge in [-0.3, -0.25) is 11.3 Å². The van der Waals surface area contributed by atoms with Gasteiger partial charge in [0.2, 0.25) is 0 Å². The van der Waals surface area contributed by atoms with E-state index in [0.29, 0.717) is 5.92 Å². The van der Waals surface area contributed by atoms with Crippen LogP contribution in [0.4, 0.5) is 0 Å². The van der Waals surface area contributed by atoms with Gasteiger partial charge in [-0.15, -0.1) is 0 Å². The summed E-state index contributed by atoms with van der Waals surface area (Å²) < 4.78 is 0.913. The fraction of sp³-hybridized carbons (Fsp3) is 0.500. The minimum atomic E-state index is 0.111. The molecule has 0 saturated carbocycles. The van der Waals surface area contributed by atoms with E-state index in [-0.39, 0.29) is 6.04 Å². The first kappa shape index (κ1) is 14.0. The third kappa shape index (κ3) is 3.45. The van der Waals surface area contributed by atoms with E-state index in [9.17, 15) is 0 Å². The summed E-state index contributed by atoms with van der Waals surface area (Å²) in [6, 6.07) is 6.04. The van der Waals surface area contributed by atoms with Crippen LogP contribution in [0.25, 0.3) is 0 Å². The van der Waals surface area contributed by atoms with Crippen LogP contribution in [0.1, 0.15) is 38.3 Å². The molecule has 0 aliphatic heterocycles. The lowest BCUT2D eigenvalue weighted by Gasteiger charge is -2.21. The summed E-state index contributed by atoms with van der Waals surface area (Å²) in [4.78, 5) is 0. The number of halogens is 2. The average molecular weight is 306 g/mol. The first-order valence-corrected chi connectivity index (χ1v) is 6.67. The van der Waals surface area contributed by atoms with Crippen LogP contribution in [0.5, 0.6) is 0 Å². The largest absolute Gasteiger partial charge is 0.271 e. The van der Waals surface area contributed by atoms with Crippen LogP contribution >= 0.6 is 27.5 Å². The van der Waals surface area contributed by atoms with Crippen molar-refractivity contribution < 1.29 is 0 Å². The normalized spacial score (nSPS) is 14.8. The molecule has 1 aromatic rings. The Morgan fingerprint density at radius 3 is 2.75 bits per heavy atom. The molecule has 0 radical (unpaired) electrons. The number of nitrogens with one attached hydrogen (secondary N) is 1. The van der Waals surface area contributed by atoms with Crippen LogP contribution in [0.15, 0.2) is 22.7 Å². The van der Waals surface area contributed by atoms with Gasteiger partial charge >= 0.3 is 0 Å². The van der Waals surface area contributed by atoms with Gasteiger partial charge < -0.3 is 0 Å². The molecular weight excluding hydrogens is 288 g/mol. The quantitative estimate of drug-likeness (QED) is 0.636. The van der Waals surface area contributed by atoms with E-state index in [1.165, 1.54) is 0 Å². The van der Waals surface area contributed by atoms with Gasteiger partial charge in [0.15, 0.2) is 0 Å². The van der Waals surface area contributed by atoms with Gasteiger partial charge in [0, 0.05) is 10.5 Å². The highest BCUT2D eigenvalue weighted by atomic mass is 79.9. The molecule has 0 heterocycles. The van der Waals surface area contributed by atoms with Gasteiger partial charge in [0.25, 0.3) is 0 Å². The fourth-order valence-electron chi connectivity index (χ4n) is 1.64. The Balaban J connectivity index is 2.90. The number of hydrogen-bond acceptors (Lipinski definition) is 2. The third-order valence-corrected chi connectivity index (χ3v) is 4.20. The highest BCUT2D eigenvalue weighted by Gasteiger charge is 2.16. The molecule has 2 atom stereocenters. The summed E-state index contributed by atoms with van der Waals surface area (Å²) >= 11 is 9.68. The topological polar surface area (TPSA) is 38.0 Å². The second-order valence-corrected chi connectivity index (χ2v) is 5.34. The molecule has 0 amide bonds. The molecule has 0 aliphatic carbocycles. The zero-order valence-electron chi connectivity index (χ0n) is 9.63. The molecule has 1 rings (SSSR count). The van der Waals surface area contributed by atoms with E-state index < -0.39 is 0 Å². The van der Waals surface area contributed by atoms with Crippen molar-refractivity contribution in [2.45, 2.75) is 32.7 Å². The van der Waals surface area contributed by atoms with Gasteiger partial charge in [0.1, 0.15) is 0 Å². The summed E-state index contributed by atoms with van der Waals surface area (Å²) in [6.45, 7) is 4.40. The lowest BCUT2D eigenvalue weighted by Crippen LogP contribution is -2.29. The minimum Gasteiger partial charge on any atom is -0.271 e. The van der Waals surface area contributed by atoms with Crippen molar-refractivity contribution in [2.24, 2.45) is 11.8 Å². The van der Waals surface area contributed by atoms with E-state index in [2.05, 4.69) is 35.2 Å². The van der Waals surface area contributed by atoms with Gasteiger partial charge in [0.05, 0.1) is 5.02 Å². The van der Waals surface area contributed by atoms with Crippen LogP contribution < -0.4 is 11.3 Å². The summed E-state index contributed by atoms with van der Waals surface area (Å²) in [5, 5.41) is 0.744. The summed E-state index contributed by atoms with van der Waals surface area (Å²) in [7, 11) is 0. The molecule has 90 valence electrons. The molecule has 1 aromatic carbocycles. The fourth-order valence-corrected chi connectivity index (χ4v) is 2.28. The van der Waals surface area contributed by atoms with Crippen LogP contribution in [0.2, 0.25) is 5.02 Å². The molecule has 0 aliphatic rings. The van der Waals surface area contributed by atoms with E-state index >= 15 is 0 Å². The van der Waals surface area contributed by atoms with Crippen LogP contribution in [-0.4, -0.2) is 0 Å². The Morgan fingerprint density at radius 2 is 2.19 bits per heavy atom. The van der Waals surface area contributed by atoms with E-state index in [0.717, 1.165) is 27.9 Å². The Labute approximate surface area is 111 Å². The van der Waals surface area contributed by atoms with Crippen molar-refractivity contribution in [1.82, 2.24) is 5.43 Å². The molecule has 0 spiro atoms. The third-order valence-electron chi connectivity index (χ3n) is 2.89. The molecule has 0 fully saturated rings. The minimum absolute atomic E-state index is 0.111. The van der Waals surface area contributed by atoms with Gasteiger partial charge in [-0.25, -0.2) is 0 Å². The van der Waals surface area contributed by atoms with E-state index in [1.54, 1.807) is 0 Å². The molecule has 0 bridgehead atoms. The second-order valence-electron chi connectivity index (χ2n) is 4.11. The lowest BCUT2D eigenvalue weighted by molar-refractivity contribution is 0.408. The van der Waals surface area contributed by atoms with Crippen molar-refractivity contribution in [3.63, 3.8) is 0 Å². The van der Waals surface area contributed by atoms with Crippen molar-refractivity contribution in [3.05, 3.63) is 33.3 Å². The number of hydrazine groups is 1. The highest BCUT2D eigenvalue weighted by Crippen LogP contribution is 2.32. The SMILES string of the molecule is CCC(C)CC(NN)c1cccc(Br)c1Cl. The average Bonchev–Trinajstić information content (AvgIpc) is 2.29. The zero-order valence-corrected chi connectivity index (χ0v) is 12.0. The molecule has 0 aromatic heterocycles. The second kappa shape index (κ2) is 6.60. The first-order chi connectivity index (χ1) is 7.60. The number of rotatable bonds is 5. The van der Waals surface area contributed by atoms with Crippen LogP contribution in [-0.2, 0) is 0 Å². The molecule has 2 unspecified atom stereocenters. The summed E-state index contributed by atoms with van der Waals surface area (Å²) in [5.74, 6) is 6.22. The zero-order chi connectivity index (χ0) is 12.1. The number of hydrogen-bond donors (Lipinski definition) is 2. The number of nitrogens with two attached hydrogens (primary N) is 1. The Kier molecular flexibility index (Phi) is 5.76. The summed E-state index contributed by atoms with van der Waals surface area (Å²) in [6.07, 6.45) is 2.13. The smallest absolute Gasteiger partial charge is 0.0596 e. The molecule has 2 nitrogen and oxygen atoms in total. The van der Waals surface area contributed by atoms with Crippen molar-refractivity contribution in [2.75, 3.05) is 0 Å². The maximum atomic E-state index is 6.25. The highest BCUT2D eigenvalue weighted by molar-refractivity contribution is 9.10.